The Morgan fingerprint density at radius 1 is 1.00 bits per heavy atom. The number of benzene rings is 2. The van der Waals surface area contributed by atoms with Gasteiger partial charge in [-0.2, -0.15) is 8.42 Å². The summed E-state index contributed by atoms with van der Waals surface area (Å²) >= 11 is 0. The number of esters is 1. The number of ether oxygens (including phenoxy) is 1. The van der Waals surface area contributed by atoms with Crippen molar-refractivity contribution in [3.8, 4) is 5.75 Å². The summed E-state index contributed by atoms with van der Waals surface area (Å²) in [5, 5.41) is 9.19. The molecule has 0 saturated heterocycles. The average molecular weight is 350 g/mol. The fourth-order valence-corrected chi connectivity index (χ4v) is 2.52. The predicted molar refractivity (Wildman–Crippen MR) is 84.1 cm³/mol. The van der Waals surface area contributed by atoms with Gasteiger partial charge in [-0.1, -0.05) is 12.1 Å². The van der Waals surface area contributed by atoms with Crippen molar-refractivity contribution in [2.45, 2.75) is 18.7 Å². The van der Waals surface area contributed by atoms with E-state index < -0.39 is 32.5 Å². The molecule has 0 radical (unpaired) electrons. The van der Waals surface area contributed by atoms with E-state index in [9.17, 15) is 23.1 Å². The van der Waals surface area contributed by atoms with Crippen molar-refractivity contribution in [1.29, 1.82) is 0 Å². The smallest absolute Gasteiger partial charge is 0.344 e. The standard InChI is InChI=1S/C16H14O7S/c1-9-3-4-10(2)14(7-9)23-16(19)12-6-5-11(24(20,21)22)8-13(12)15(17)18/h3-8H,1-2H3,(H,17,18)(H,20,21,22). The van der Waals surface area contributed by atoms with Gasteiger partial charge in [0.25, 0.3) is 10.1 Å². The Kier molecular flexibility index (Phi) is 4.72. The number of aryl methyl sites for hydroxylation is 2. The van der Waals surface area contributed by atoms with E-state index in [0.717, 1.165) is 17.7 Å². The van der Waals surface area contributed by atoms with Crippen molar-refractivity contribution in [3.63, 3.8) is 0 Å². The van der Waals surface area contributed by atoms with Gasteiger partial charge in [0.1, 0.15) is 5.75 Å². The van der Waals surface area contributed by atoms with Crippen LogP contribution in [0.5, 0.6) is 5.75 Å². The number of aromatic carboxylic acids is 1. The highest BCUT2D eigenvalue weighted by molar-refractivity contribution is 7.85. The summed E-state index contributed by atoms with van der Waals surface area (Å²) in [7, 11) is -4.59. The van der Waals surface area contributed by atoms with Crippen molar-refractivity contribution < 1.29 is 32.4 Å². The van der Waals surface area contributed by atoms with Gasteiger partial charge >= 0.3 is 11.9 Å². The molecule has 8 heteroatoms. The maximum absolute atomic E-state index is 12.3. The van der Waals surface area contributed by atoms with E-state index >= 15 is 0 Å². The molecule has 2 N–H and O–H groups in total. The predicted octanol–water partition coefficient (Wildman–Crippen LogP) is 2.47. The van der Waals surface area contributed by atoms with Crippen LogP contribution >= 0.6 is 0 Å². The molecular weight excluding hydrogens is 336 g/mol. The molecule has 0 heterocycles. The highest BCUT2D eigenvalue weighted by Crippen LogP contribution is 2.22. The summed E-state index contributed by atoms with van der Waals surface area (Å²) in [6.07, 6.45) is 0. The van der Waals surface area contributed by atoms with E-state index in [2.05, 4.69) is 0 Å². The van der Waals surface area contributed by atoms with Crippen molar-refractivity contribution in [3.05, 3.63) is 58.7 Å². The molecule has 0 unspecified atom stereocenters. The summed E-state index contributed by atoms with van der Waals surface area (Å²) in [4.78, 5) is 22.9. The molecule has 0 aliphatic heterocycles. The van der Waals surface area contributed by atoms with Crippen LogP contribution in [0.2, 0.25) is 0 Å². The zero-order chi connectivity index (χ0) is 18.1. The van der Waals surface area contributed by atoms with Crippen LogP contribution in [0.25, 0.3) is 0 Å². The Morgan fingerprint density at radius 2 is 1.67 bits per heavy atom. The van der Waals surface area contributed by atoms with Crippen LogP contribution in [-0.2, 0) is 10.1 Å². The first kappa shape index (κ1) is 17.6. The second kappa shape index (κ2) is 6.42. The molecule has 24 heavy (non-hydrogen) atoms. The van der Waals surface area contributed by atoms with Crippen LogP contribution in [0.1, 0.15) is 31.8 Å². The lowest BCUT2D eigenvalue weighted by molar-refractivity contribution is 0.0667. The Labute approximate surface area is 138 Å². The molecule has 2 rings (SSSR count). The van der Waals surface area contributed by atoms with Crippen LogP contribution < -0.4 is 4.74 Å². The summed E-state index contributed by atoms with van der Waals surface area (Å²) in [5.74, 6) is -2.19. The molecule has 2 aromatic rings. The molecule has 0 aromatic heterocycles. The first-order valence-corrected chi connectivity index (χ1v) is 8.18. The molecule has 0 aliphatic rings. The zero-order valence-electron chi connectivity index (χ0n) is 12.8. The number of carboxylic acids is 1. The number of hydrogen-bond acceptors (Lipinski definition) is 5. The van der Waals surface area contributed by atoms with Crippen LogP contribution in [-0.4, -0.2) is 30.0 Å². The summed E-state index contributed by atoms with van der Waals surface area (Å²) in [6, 6.07) is 7.83. The fraction of sp³-hybridized carbons (Fsp3) is 0.125. The van der Waals surface area contributed by atoms with Gasteiger partial charge in [0.2, 0.25) is 0 Å². The van der Waals surface area contributed by atoms with E-state index in [4.69, 9.17) is 9.29 Å². The molecule has 0 saturated carbocycles. The first-order chi connectivity index (χ1) is 11.1. The van der Waals surface area contributed by atoms with Gasteiger partial charge in [0.05, 0.1) is 16.0 Å². The van der Waals surface area contributed by atoms with Crippen molar-refractivity contribution >= 4 is 22.1 Å². The zero-order valence-corrected chi connectivity index (χ0v) is 13.6. The largest absolute Gasteiger partial charge is 0.478 e. The van der Waals surface area contributed by atoms with Gasteiger partial charge in [-0.05, 0) is 49.2 Å². The Bertz CT molecular complexity index is 929. The van der Waals surface area contributed by atoms with E-state index in [1.54, 1.807) is 26.0 Å². The second-order valence-electron chi connectivity index (χ2n) is 5.15. The molecule has 0 amide bonds. The van der Waals surface area contributed by atoms with Crippen molar-refractivity contribution in [1.82, 2.24) is 0 Å². The molecule has 126 valence electrons. The molecule has 0 atom stereocenters. The van der Waals surface area contributed by atoms with Gasteiger partial charge in [-0.3, -0.25) is 4.55 Å². The second-order valence-corrected chi connectivity index (χ2v) is 6.57. The quantitative estimate of drug-likeness (QED) is 0.494. The summed E-state index contributed by atoms with van der Waals surface area (Å²) in [6.45, 7) is 3.53. The third-order valence-corrected chi connectivity index (χ3v) is 4.14. The van der Waals surface area contributed by atoms with Crippen molar-refractivity contribution in [2.75, 3.05) is 0 Å². The normalized spacial score (nSPS) is 11.1. The fourth-order valence-electron chi connectivity index (χ4n) is 2.01. The van der Waals surface area contributed by atoms with Gasteiger partial charge in [-0.25, -0.2) is 9.59 Å². The van der Waals surface area contributed by atoms with E-state index in [1.807, 2.05) is 6.07 Å². The molecule has 0 spiro atoms. The molecule has 2 aromatic carbocycles. The van der Waals surface area contributed by atoms with E-state index in [-0.39, 0.29) is 11.3 Å². The van der Waals surface area contributed by atoms with Gasteiger partial charge < -0.3 is 9.84 Å². The van der Waals surface area contributed by atoms with Crippen LogP contribution in [0.3, 0.4) is 0 Å². The third kappa shape index (κ3) is 3.79. The summed E-state index contributed by atoms with van der Waals surface area (Å²) < 4.78 is 36.4. The highest BCUT2D eigenvalue weighted by Gasteiger charge is 2.22. The van der Waals surface area contributed by atoms with Gasteiger partial charge in [0.15, 0.2) is 0 Å². The minimum absolute atomic E-state index is 0.273. The average Bonchev–Trinajstić information content (AvgIpc) is 2.49. The lowest BCUT2D eigenvalue weighted by Gasteiger charge is -2.10. The molecule has 0 aliphatic carbocycles. The Morgan fingerprint density at radius 3 is 2.25 bits per heavy atom. The maximum atomic E-state index is 12.3. The molecule has 0 bridgehead atoms. The number of rotatable bonds is 4. The molecule has 0 fully saturated rings. The maximum Gasteiger partial charge on any atom is 0.344 e. The Hall–Kier alpha value is -2.71. The number of carbonyl (C=O) groups is 2. The Balaban J connectivity index is 2.46. The first-order valence-electron chi connectivity index (χ1n) is 6.74. The SMILES string of the molecule is Cc1ccc(C)c(OC(=O)c2ccc(S(=O)(=O)O)cc2C(=O)O)c1. The molecule has 7 nitrogen and oxygen atoms in total. The lowest BCUT2D eigenvalue weighted by Crippen LogP contribution is -2.15. The third-order valence-electron chi connectivity index (χ3n) is 3.29. The lowest BCUT2D eigenvalue weighted by atomic mass is 10.1. The topological polar surface area (TPSA) is 118 Å². The van der Waals surface area contributed by atoms with Gasteiger partial charge in [-0.15, -0.1) is 0 Å². The molecular formula is C16H14O7S. The number of hydrogen-bond donors (Lipinski definition) is 2. The minimum Gasteiger partial charge on any atom is -0.478 e. The highest BCUT2D eigenvalue weighted by atomic mass is 32.2. The van der Waals surface area contributed by atoms with Crippen LogP contribution in [0.4, 0.5) is 0 Å². The van der Waals surface area contributed by atoms with Crippen molar-refractivity contribution in [2.24, 2.45) is 0 Å². The number of carbonyl (C=O) groups excluding carboxylic acids is 1. The van der Waals surface area contributed by atoms with E-state index in [0.29, 0.717) is 11.6 Å². The van der Waals surface area contributed by atoms with Crippen LogP contribution in [0.15, 0.2) is 41.3 Å². The number of carboxylic acid groups (broad SMARTS) is 1. The van der Waals surface area contributed by atoms with Gasteiger partial charge in [0, 0.05) is 0 Å². The monoisotopic (exact) mass is 350 g/mol. The summed E-state index contributed by atoms with van der Waals surface area (Å²) in [5.41, 5.74) is 0.625. The van der Waals surface area contributed by atoms with Crippen LogP contribution in [0, 0.1) is 13.8 Å². The minimum atomic E-state index is -4.59. The van der Waals surface area contributed by atoms with E-state index in [1.165, 1.54) is 0 Å².